The highest BCUT2D eigenvalue weighted by molar-refractivity contribution is 7.86. The molecular formula is C21H25N5O7S. The Hall–Kier alpha value is -3.13. The van der Waals surface area contributed by atoms with Crippen molar-refractivity contribution in [3.05, 3.63) is 46.5 Å². The third kappa shape index (κ3) is 4.87. The molecule has 12 nitrogen and oxygen atoms in total. The van der Waals surface area contributed by atoms with Gasteiger partial charge in [-0.25, -0.2) is 4.98 Å². The number of hydrogen-bond donors (Lipinski definition) is 3. The van der Waals surface area contributed by atoms with Crippen LogP contribution in [0.15, 0.2) is 40.3 Å². The van der Waals surface area contributed by atoms with Crippen LogP contribution in [-0.4, -0.2) is 57.8 Å². The summed E-state index contributed by atoms with van der Waals surface area (Å²) in [5, 5.41) is 13.0. The minimum Gasteiger partial charge on any atom is -0.390 e. The largest absolute Gasteiger partial charge is 0.390 e. The number of nitrogens with one attached hydrogen (secondary N) is 2. The van der Waals surface area contributed by atoms with Gasteiger partial charge in [-0.05, 0) is 19.1 Å². The fourth-order valence-electron chi connectivity index (χ4n) is 3.42. The summed E-state index contributed by atoms with van der Waals surface area (Å²) < 4.78 is 37.3. The van der Waals surface area contributed by atoms with Crippen molar-refractivity contribution < 1.29 is 27.2 Å². The van der Waals surface area contributed by atoms with Gasteiger partial charge in [-0.2, -0.15) is 13.4 Å². The molecule has 1 saturated heterocycles. The number of hydrogen-bond acceptors (Lipinski definition) is 9. The zero-order valence-electron chi connectivity index (χ0n) is 18.8. The number of imidazole rings is 1. The van der Waals surface area contributed by atoms with E-state index in [9.17, 15) is 23.1 Å². The highest BCUT2D eigenvalue weighted by atomic mass is 32.2. The van der Waals surface area contributed by atoms with Gasteiger partial charge < -0.3 is 9.84 Å². The van der Waals surface area contributed by atoms with Gasteiger partial charge in [0, 0.05) is 12.3 Å². The second kappa shape index (κ2) is 9.25. The predicted octanol–water partition coefficient (Wildman–Crippen LogP) is 1.08. The lowest BCUT2D eigenvalue weighted by molar-refractivity contribution is -0.118. The first-order valence-corrected chi connectivity index (χ1v) is 12.0. The minimum absolute atomic E-state index is 0.00198. The zero-order valence-corrected chi connectivity index (χ0v) is 19.6. The Morgan fingerprint density at radius 3 is 2.74 bits per heavy atom. The van der Waals surface area contributed by atoms with Crippen molar-refractivity contribution in [2.24, 2.45) is 5.92 Å². The monoisotopic (exact) mass is 491 g/mol. The number of aromatic nitrogens is 4. The van der Waals surface area contributed by atoms with Crippen LogP contribution in [0.25, 0.3) is 11.2 Å². The number of fused-ring (bicyclic) bond motifs is 1. The molecule has 0 unspecified atom stereocenters. The van der Waals surface area contributed by atoms with E-state index in [2.05, 4.69) is 20.3 Å². The quantitative estimate of drug-likeness (QED) is 0.410. The summed E-state index contributed by atoms with van der Waals surface area (Å²) in [6, 6.07) is 6.19. The van der Waals surface area contributed by atoms with E-state index < -0.39 is 40.7 Å². The van der Waals surface area contributed by atoms with E-state index in [4.69, 9.17) is 8.92 Å². The molecule has 1 aliphatic rings. The normalized spacial score (nSPS) is 20.8. The summed E-state index contributed by atoms with van der Waals surface area (Å²) in [6.07, 6.45) is -1.32. The van der Waals surface area contributed by atoms with Gasteiger partial charge in [-0.1, -0.05) is 31.5 Å². The number of aryl methyl sites for hydroxylation is 1. The Morgan fingerprint density at radius 2 is 2.06 bits per heavy atom. The third-order valence-electron chi connectivity index (χ3n) is 5.41. The minimum atomic E-state index is -4.03. The fraction of sp³-hybridized carbons (Fsp3) is 0.429. The Bertz CT molecular complexity index is 1360. The predicted molar refractivity (Wildman–Crippen MR) is 120 cm³/mol. The smallest absolute Gasteiger partial charge is 0.297 e. The summed E-state index contributed by atoms with van der Waals surface area (Å²) in [5.74, 6) is -0.690. The molecule has 0 saturated carbocycles. The van der Waals surface area contributed by atoms with Crippen LogP contribution in [0.4, 0.5) is 5.95 Å². The van der Waals surface area contributed by atoms with E-state index in [1.165, 1.54) is 23.0 Å². The first-order chi connectivity index (χ1) is 16.0. The molecule has 1 aromatic carbocycles. The summed E-state index contributed by atoms with van der Waals surface area (Å²) in [6.45, 7) is 4.84. The molecule has 2 aromatic heterocycles. The third-order valence-corrected chi connectivity index (χ3v) is 6.71. The Labute approximate surface area is 195 Å². The van der Waals surface area contributed by atoms with Crippen molar-refractivity contribution in [2.75, 3.05) is 11.9 Å². The number of benzene rings is 1. The molecule has 1 fully saturated rings. The molecule has 3 aromatic rings. The summed E-state index contributed by atoms with van der Waals surface area (Å²) >= 11 is 0. The summed E-state index contributed by atoms with van der Waals surface area (Å²) in [7, 11) is -4.03. The Balaban J connectivity index is 1.51. The van der Waals surface area contributed by atoms with Crippen molar-refractivity contribution in [3.63, 3.8) is 0 Å². The molecule has 3 N–H and O–H groups in total. The van der Waals surface area contributed by atoms with Gasteiger partial charge in [0.15, 0.2) is 11.2 Å². The average molecular weight is 492 g/mol. The van der Waals surface area contributed by atoms with Gasteiger partial charge in [0.25, 0.3) is 15.7 Å². The van der Waals surface area contributed by atoms with Crippen LogP contribution in [0.1, 0.15) is 32.1 Å². The number of nitrogens with zero attached hydrogens (tertiary/aromatic N) is 3. The van der Waals surface area contributed by atoms with Crippen molar-refractivity contribution in [1.82, 2.24) is 19.5 Å². The van der Waals surface area contributed by atoms with Gasteiger partial charge in [0.2, 0.25) is 11.9 Å². The first-order valence-electron chi connectivity index (χ1n) is 10.6. The number of carbonyl (C=O) groups excluding carboxylic acids is 1. The Kier molecular flexibility index (Phi) is 6.53. The molecule has 0 aliphatic carbocycles. The van der Waals surface area contributed by atoms with Crippen molar-refractivity contribution in [1.29, 1.82) is 0 Å². The van der Waals surface area contributed by atoms with Crippen molar-refractivity contribution in [2.45, 2.75) is 50.5 Å². The lowest BCUT2D eigenvalue weighted by Gasteiger charge is -2.16. The number of aliphatic hydroxyl groups excluding tert-OH is 1. The van der Waals surface area contributed by atoms with Crippen LogP contribution in [0.5, 0.6) is 0 Å². The molecule has 0 spiro atoms. The molecule has 0 bridgehead atoms. The molecule has 1 aliphatic heterocycles. The van der Waals surface area contributed by atoms with E-state index >= 15 is 0 Å². The van der Waals surface area contributed by atoms with Gasteiger partial charge in [-0.15, -0.1) is 0 Å². The molecule has 3 atom stereocenters. The second-order valence-electron chi connectivity index (χ2n) is 8.37. The Morgan fingerprint density at radius 1 is 1.35 bits per heavy atom. The molecule has 0 radical (unpaired) electrons. The van der Waals surface area contributed by atoms with Crippen molar-refractivity contribution >= 4 is 33.1 Å². The summed E-state index contributed by atoms with van der Waals surface area (Å²) in [5.41, 5.74) is 0.532. The molecule has 3 heterocycles. The first kappa shape index (κ1) is 24.0. The standard InChI is InChI=1S/C21H25N5O7S/c1-11(2)19(28)24-21-23-18-17(20(29)25-21)22-10-26(18)16-8-14(27)15(33-16)9-32-34(30,31)13-6-4-12(3)5-7-13/h4-7,10-11,14-16,27H,8-9H2,1-3H3,(H2,23,24,25,28,29)/t14-,15+,16+/m0/s1. The van der Waals surface area contributed by atoms with E-state index in [1.807, 2.05) is 6.92 Å². The van der Waals surface area contributed by atoms with E-state index in [0.717, 1.165) is 5.56 Å². The van der Waals surface area contributed by atoms with Gasteiger partial charge in [-0.3, -0.25) is 28.6 Å². The van der Waals surface area contributed by atoms with Crippen LogP contribution < -0.4 is 10.9 Å². The van der Waals surface area contributed by atoms with Crippen LogP contribution in [-0.2, 0) is 23.8 Å². The molecule has 13 heteroatoms. The zero-order chi connectivity index (χ0) is 24.6. The lowest BCUT2D eigenvalue weighted by Crippen LogP contribution is -2.28. The number of H-pyrrole nitrogens is 1. The van der Waals surface area contributed by atoms with E-state index in [1.54, 1.807) is 26.0 Å². The van der Waals surface area contributed by atoms with Gasteiger partial charge in [0.05, 0.1) is 23.9 Å². The number of anilines is 1. The van der Waals surface area contributed by atoms with E-state index in [-0.39, 0.29) is 40.3 Å². The summed E-state index contributed by atoms with van der Waals surface area (Å²) in [4.78, 5) is 35.1. The maximum Gasteiger partial charge on any atom is 0.297 e. The highest BCUT2D eigenvalue weighted by Crippen LogP contribution is 2.31. The molecule has 182 valence electrons. The second-order valence-corrected chi connectivity index (χ2v) is 9.98. The fourth-order valence-corrected chi connectivity index (χ4v) is 4.34. The van der Waals surface area contributed by atoms with Crippen LogP contribution >= 0.6 is 0 Å². The number of aromatic amines is 1. The van der Waals surface area contributed by atoms with Crippen molar-refractivity contribution in [3.8, 4) is 0 Å². The number of aliphatic hydroxyl groups is 1. The van der Waals surface area contributed by atoms with E-state index in [0.29, 0.717) is 0 Å². The van der Waals surface area contributed by atoms with Crippen LogP contribution in [0, 0.1) is 12.8 Å². The topological polar surface area (TPSA) is 165 Å². The maximum atomic E-state index is 12.4. The number of carbonyl (C=O) groups is 1. The highest BCUT2D eigenvalue weighted by Gasteiger charge is 2.37. The number of amides is 1. The van der Waals surface area contributed by atoms with Crippen LogP contribution in [0.2, 0.25) is 0 Å². The molecule has 34 heavy (non-hydrogen) atoms. The SMILES string of the molecule is Cc1ccc(S(=O)(=O)OC[C@H]2O[C@@H](n3cnc4c(=O)[nH]c(NC(=O)C(C)C)nc43)C[C@@H]2O)cc1. The maximum absolute atomic E-state index is 12.4. The number of rotatable bonds is 7. The average Bonchev–Trinajstić information content (AvgIpc) is 3.36. The van der Waals surface area contributed by atoms with Gasteiger partial charge in [0.1, 0.15) is 12.3 Å². The lowest BCUT2D eigenvalue weighted by atomic mass is 10.2. The van der Waals surface area contributed by atoms with Crippen LogP contribution in [0.3, 0.4) is 0 Å². The molecule has 4 rings (SSSR count). The number of ether oxygens (including phenoxy) is 1. The van der Waals surface area contributed by atoms with Gasteiger partial charge >= 0.3 is 0 Å². The molecule has 1 amide bonds. The molecular weight excluding hydrogens is 466 g/mol.